The highest BCUT2D eigenvalue weighted by Gasteiger charge is 2.23. The van der Waals surface area contributed by atoms with Crippen LogP contribution in [0.1, 0.15) is 57.6 Å². The van der Waals surface area contributed by atoms with Crippen molar-refractivity contribution in [3.8, 4) is 5.75 Å². The fourth-order valence-corrected chi connectivity index (χ4v) is 4.78. The summed E-state index contributed by atoms with van der Waals surface area (Å²) in [5.41, 5.74) is 3.80. The van der Waals surface area contributed by atoms with Gasteiger partial charge in [0, 0.05) is 28.0 Å². The fraction of sp³-hybridized carbons (Fsp3) is 0.379. The van der Waals surface area contributed by atoms with E-state index in [0.29, 0.717) is 18.7 Å². The van der Waals surface area contributed by atoms with Crippen LogP contribution in [-0.4, -0.2) is 23.5 Å². The van der Waals surface area contributed by atoms with Crippen LogP contribution in [-0.2, 0) is 6.61 Å². The lowest BCUT2D eigenvalue weighted by molar-refractivity contribution is 0.170. The lowest BCUT2D eigenvalue weighted by atomic mass is 9.86. The highest BCUT2D eigenvalue weighted by molar-refractivity contribution is 9.10. The number of rotatable bonds is 10. The Bertz CT molecular complexity index is 935. The molecule has 2 nitrogen and oxygen atoms in total. The maximum absolute atomic E-state index is 6.38. The van der Waals surface area contributed by atoms with E-state index < -0.39 is 0 Å². The number of nitrogens with zero attached hydrogens (tertiary/aromatic N) is 1. The first-order valence-corrected chi connectivity index (χ1v) is 12.5. The van der Waals surface area contributed by atoms with Gasteiger partial charge in [0.25, 0.3) is 0 Å². The minimum Gasteiger partial charge on any atom is -0.489 e. The van der Waals surface area contributed by atoms with Gasteiger partial charge in [-0.2, -0.15) is 0 Å². The summed E-state index contributed by atoms with van der Waals surface area (Å²) in [5, 5.41) is 0. The van der Waals surface area contributed by atoms with Gasteiger partial charge >= 0.3 is 0 Å². The van der Waals surface area contributed by atoms with Crippen molar-refractivity contribution >= 4 is 15.9 Å². The van der Waals surface area contributed by atoms with Gasteiger partial charge in [-0.1, -0.05) is 76.6 Å². The van der Waals surface area contributed by atoms with E-state index in [9.17, 15) is 0 Å². The molecule has 32 heavy (non-hydrogen) atoms. The first-order valence-electron chi connectivity index (χ1n) is 11.7. The molecule has 0 heterocycles. The van der Waals surface area contributed by atoms with Gasteiger partial charge in [-0.3, -0.25) is 4.90 Å². The van der Waals surface area contributed by atoms with Crippen molar-refractivity contribution in [3.63, 3.8) is 0 Å². The van der Waals surface area contributed by atoms with E-state index in [-0.39, 0.29) is 5.92 Å². The number of halogens is 1. The molecule has 0 saturated heterocycles. The molecular formula is C29H36BrNO. The van der Waals surface area contributed by atoms with Crippen molar-refractivity contribution in [3.05, 3.63) is 100 Å². The monoisotopic (exact) mass is 493 g/mol. The SMILES string of the molecule is CC(C)N(CCC(C1=CCC=CC=C1)c1cc(Br)ccc1OCc1ccccc1)C(C)C. The van der Waals surface area contributed by atoms with E-state index >= 15 is 0 Å². The second-order valence-corrected chi connectivity index (χ2v) is 9.87. The van der Waals surface area contributed by atoms with Crippen LogP contribution in [0.3, 0.4) is 0 Å². The number of hydrogen-bond donors (Lipinski definition) is 0. The van der Waals surface area contributed by atoms with Crippen molar-refractivity contribution in [1.82, 2.24) is 4.90 Å². The van der Waals surface area contributed by atoms with E-state index in [2.05, 4.69) is 121 Å². The van der Waals surface area contributed by atoms with E-state index in [1.54, 1.807) is 0 Å². The summed E-state index contributed by atoms with van der Waals surface area (Å²) < 4.78 is 7.47. The largest absolute Gasteiger partial charge is 0.489 e. The second-order valence-electron chi connectivity index (χ2n) is 8.95. The molecule has 1 aliphatic carbocycles. The van der Waals surface area contributed by atoms with Crippen LogP contribution in [0.5, 0.6) is 5.75 Å². The quantitative estimate of drug-likeness (QED) is 0.331. The lowest BCUT2D eigenvalue weighted by Crippen LogP contribution is -2.38. The molecule has 0 radical (unpaired) electrons. The molecule has 1 unspecified atom stereocenters. The Hall–Kier alpha value is -2.10. The molecule has 0 aliphatic heterocycles. The van der Waals surface area contributed by atoms with Crippen molar-refractivity contribution in [2.75, 3.05) is 6.54 Å². The van der Waals surface area contributed by atoms with Crippen LogP contribution >= 0.6 is 15.9 Å². The zero-order valence-electron chi connectivity index (χ0n) is 19.8. The van der Waals surface area contributed by atoms with Crippen LogP contribution in [0, 0.1) is 0 Å². The molecule has 3 heteroatoms. The minimum atomic E-state index is 0.273. The molecule has 0 saturated carbocycles. The average molecular weight is 495 g/mol. The standard InChI is InChI=1S/C29H36BrNO/c1-22(2)31(23(3)4)19-18-27(25-14-10-5-6-11-15-25)28-20-26(30)16-17-29(28)32-21-24-12-8-7-9-13-24/h5-10,12-17,20,22-23,27H,11,18-19,21H2,1-4H3. The van der Waals surface area contributed by atoms with Crippen molar-refractivity contribution in [2.45, 2.75) is 65.1 Å². The van der Waals surface area contributed by atoms with Gasteiger partial charge < -0.3 is 4.74 Å². The third kappa shape index (κ3) is 6.95. The second kappa shape index (κ2) is 12.2. The summed E-state index contributed by atoms with van der Waals surface area (Å²) in [6, 6.07) is 17.9. The number of hydrogen-bond acceptors (Lipinski definition) is 2. The molecular weight excluding hydrogens is 458 g/mol. The molecule has 3 rings (SSSR count). The van der Waals surface area contributed by atoms with E-state index in [1.807, 2.05) is 6.07 Å². The molecule has 170 valence electrons. The molecule has 0 fully saturated rings. The number of benzene rings is 2. The fourth-order valence-electron chi connectivity index (χ4n) is 4.41. The summed E-state index contributed by atoms with van der Waals surface area (Å²) in [4.78, 5) is 2.58. The minimum absolute atomic E-state index is 0.273. The first kappa shape index (κ1) is 24.5. The smallest absolute Gasteiger partial charge is 0.123 e. The van der Waals surface area contributed by atoms with E-state index in [4.69, 9.17) is 4.74 Å². The Labute approximate surface area is 202 Å². The molecule has 0 aromatic heterocycles. The van der Waals surface area contributed by atoms with Crippen molar-refractivity contribution < 1.29 is 4.74 Å². The zero-order valence-corrected chi connectivity index (χ0v) is 21.4. The van der Waals surface area contributed by atoms with Gasteiger partial charge in [0.05, 0.1) is 0 Å². The zero-order chi connectivity index (χ0) is 22.9. The summed E-state index contributed by atoms with van der Waals surface area (Å²) in [6.07, 6.45) is 13.2. The van der Waals surface area contributed by atoms with Gasteiger partial charge in [0.1, 0.15) is 12.4 Å². The van der Waals surface area contributed by atoms with Crippen LogP contribution in [0.4, 0.5) is 0 Å². The lowest BCUT2D eigenvalue weighted by Gasteiger charge is -2.32. The summed E-state index contributed by atoms with van der Waals surface area (Å²) in [7, 11) is 0. The van der Waals surface area contributed by atoms with E-state index in [1.165, 1.54) is 16.7 Å². The maximum atomic E-state index is 6.38. The van der Waals surface area contributed by atoms with Crippen LogP contribution in [0.2, 0.25) is 0 Å². The molecule has 1 aliphatic rings. The Morgan fingerprint density at radius 2 is 1.72 bits per heavy atom. The summed E-state index contributed by atoms with van der Waals surface area (Å²) in [5.74, 6) is 1.24. The van der Waals surface area contributed by atoms with Gasteiger partial charge in [0.2, 0.25) is 0 Å². The average Bonchev–Trinajstić information content (AvgIpc) is 3.05. The third-order valence-corrected chi connectivity index (χ3v) is 6.51. The van der Waals surface area contributed by atoms with Gasteiger partial charge in [-0.25, -0.2) is 0 Å². The van der Waals surface area contributed by atoms with Crippen molar-refractivity contribution in [2.24, 2.45) is 0 Å². The van der Waals surface area contributed by atoms with Crippen LogP contribution in [0.15, 0.2) is 89.0 Å². The highest BCUT2D eigenvalue weighted by atomic mass is 79.9. The summed E-state index contributed by atoms with van der Waals surface area (Å²) in [6.45, 7) is 10.8. The Morgan fingerprint density at radius 3 is 2.44 bits per heavy atom. The third-order valence-electron chi connectivity index (χ3n) is 6.01. The molecule has 2 aromatic carbocycles. The van der Waals surface area contributed by atoms with Gasteiger partial charge in [0.15, 0.2) is 0 Å². The normalized spacial score (nSPS) is 14.7. The van der Waals surface area contributed by atoms with Gasteiger partial charge in [-0.05, 0) is 76.4 Å². The first-order chi connectivity index (χ1) is 15.5. The summed E-state index contributed by atoms with van der Waals surface area (Å²) >= 11 is 3.71. The van der Waals surface area contributed by atoms with Crippen LogP contribution in [0.25, 0.3) is 0 Å². The number of allylic oxidation sites excluding steroid dienone is 6. The maximum Gasteiger partial charge on any atom is 0.123 e. The molecule has 0 spiro atoms. The molecule has 0 amide bonds. The topological polar surface area (TPSA) is 12.5 Å². The predicted molar refractivity (Wildman–Crippen MR) is 140 cm³/mol. The predicted octanol–water partition coefficient (Wildman–Crippen LogP) is 8.06. The van der Waals surface area contributed by atoms with Crippen LogP contribution < -0.4 is 4.74 Å². The highest BCUT2D eigenvalue weighted by Crippen LogP contribution is 2.38. The molecule has 1 atom stereocenters. The Kier molecular flexibility index (Phi) is 9.37. The van der Waals surface area contributed by atoms with Gasteiger partial charge in [-0.15, -0.1) is 0 Å². The molecule has 2 aromatic rings. The Balaban J connectivity index is 1.92. The van der Waals surface area contributed by atoms with Crippen molar-refractivity contribution in [1.29, 1.82) is 0 Å². The molecule has 0 N–H and O–H groups in total. The number of ether oxygens (including phenoxy) is 1. The Morgan fingerprint density at radius 1 is 0.969 bits per heavy atom. The molecule has 0 bridgehead atoms. The van der Waals surface area contributed by atoms with E-state index in [0.717, 1.165) is 29.6 Å².